The molecule has 1 amide bonds. The maximum Gasteiger partial charge on any atom is 0.312 e. The third-order valence-corrected chi connectivity index (χ3v) is 4.95. The summed E-state index contributed by atoms with van der Waals surface area (Å²) >= 11 is 0. The van der Waals surface area contributed by atoms with Crippen molar-refractivity contribution in [3.05, 3.63) is 36.4 Å². The Bertz CT molecular complexity index is 715. The number of anilines is 1. The number of carbonyl (C=O) groups excluding carboxylic acids is 2. The fourth-order valence-corrected chi connectivity index (χ4v) is 3.96. The van der Waals surface area contributed by atoms with Crippen LogP contribution < -0.4 is 9.64 Å². The van der Waals surface area contributed by atoms with E-state index in [1.165, 1.54) is 7.11 Å². The summed E-state index contributed by atoms with van der Waals surface area (Å²) in [5.74, 6) is -1.05. The topological polar surface area (TPSA) is 65.1 Å². The molecule has 120 valence electrons. The van der Waals surface area contributed by atoms with E-state index in [1.54, 1.807) is 18.1 Å². The maximum atomic E-state index is 13.0. The lowest BCUT2D eigenvalue weighted by atomic mass is 9.77. The summed E-state index contributed by atoms with van der Waals surface area (Å²) < 4.78 is 16.2. The lowest BCUT2D eigenvalue weighted by Gasteiger charge is -2.22. The van der Waals surface area contributed by atoms with Crippen LogP contribution in [0.25, 0.3) is 0 Å². The molecule has 2 bridgehead atoms. The van der Waals surface area contributed by atoms with Crippen LogP contribution in [-0.2, 0) is 19.1 Å². The first-order valence-electron chi connectivity index (χ1n) is 7.51. The minimum Gasteiger partial charge on any atom is -0.495 e. The van der Waals surface area contributed by atoms with E-state index in [4.69, 9.17) is 14.2 Å². The van der Waals surface area contributed by atoms with E-state index in [2.05, 4.69) is 0 Å². The number of rotatable bonds is 3. The smallest absolute Gasteiger partial charge is 0.312 e. The fraction of sp³-hybridized carbons (Fsp3) is 0.412. The van der Waals surface area contributed by atoms with E-state index < -0.39 is 23.4 Å². The van der Waals surface area contributed by atoms with Crippen molar-refractivity contribution in [2.75, 3.05) is 25.7 Å². The molecule has 4 rings (SSSR count). The van der Waals surface area contributed by atoms with Crippen molar-refractivity contribution >= 4 is 17.6 Å². The predicted octanol–water partition coefficient (Wildman–Crippen LogP) is 1.15. The van der Waals surface area contributed by atoms with Crippen molar-refractivity contribution < 1.29 is 23.8 Å². The van der Waals surface area contributed by atoms with Crippen LogP contribution in [0.5, 0.6) is 5.75 Å². The van der Waals surface area contributed by atoms with Crippen molar-refractivity contribution in [2.45, 2.75) is 11.7 Å². The van der Waals surface area contributed by atoms with Gasteiger partial charge in [0.1, 0.15) is 17.3 Å². The summed E-state index contributed by atoms with van der Waals surface area (Å²) in [7, 11) is 2.90. The van der Waals surface area contributed by atoms with Crippen LogP contribution in [0.4, 0.5) is 5.69 Å². The second-order valence-corrected chi connectivity index (χ2v) is 6.02. The molecule has 4 atom stereocenters. The highest BCUT2D eigenvalue weighted by atomic mass is 16.5. The molecule has 0 N–H and O–H groups in total. The normalized spacial score (nSPS) is 33.9. The second-order valence-electron chi connectivity index (χ2n) is 6.02. The van der Waals surface area contributed by atoms with E-state index in [1.807, 2.05) is 30.4 Å². The largest absolute Gasteiger partial charge is 0.495 e. The number of methoxy groups -OCH3 is 2. The van der Waals surface area contributed by atoms with Crippen LogP contribution in [0, 0.1) is 11.8 Å². The van der Waals surface area contributed by atoms with Gasteiger partial charge in [0.25, 0.3) is 0 Å². The number of hydrogen-bond acceptors (Lipinski definition) is 5. The molecule has 0 radical (unpaired) electrons. The van der Waals surface area contributed by atoms with Gasteiger partial charge in [0.2, 0.25) is 5.91 Å². The van der Waals surface area contributed by atoms with Crippen molar-refractivity contribution in [3.63, 3.8) is 0 Å². The molecule has 23 heavy (non-hydrogen) atoms. The number of hydrogen-bond donors (Lipinski definition) is 0. The number of fused-ring (bicyclic) bond motifs is 1. The summed E-state index contributed by atoms with van der Waals surface area (Å²) in [6, 6.07) is 7.34. The van der Waals surface area contributed by atoms with E-state index in [-0.39, 0.29) is 12.0 Å². The van der Waals surface area contributed by atoms with Gasteiger partial charge >= 0.3 is 5.97 Å². The number of nitrogens with zero attached hydrogens (tertiary/aromatic N) is 1. The molecule has 1 aromatic carbocycles. The summed E-state index contributed by atoms with van der Waals surface area (Å²) in [5, 5.41) is 0. The molecule has 3 aliphatic rings. The van der Waals surface area contributed by atoms with E-state index >= 15 is 0 Å². The van der Waals surface area contributed by atoms with Gasteiger partial charge in [-0.25, -0.2) is 0 Å². The molecule has 2 fully saturated rings. The van der Waals surface area contributed by atoms with Crippen LogP contribution in [0.1, 0.15) is 0 Å². The molecular weight excluding hydrogens is 298 g/mol. The number of carbonyl (C=O) groups is 2. The van der Waals surface area contributed by atoms with Gasteiger partial charge in [-0.2, -0.15) is 0 Å². The Labute approximate surface area is 133 Å². The van der Waals surface area contributed by atoms with Gasteiger partial charge in [-0.15, -0.1) is 0 Å². The molecule has 1 spiro atoms. The molecule has 6 heteroatoms. The Hall–Kier alpha value is -2.34. The van der Waals surface area contributed by atoms with Gasteiger partial charge in [0.05, 0.1) is 38.5 Å². The number of esters is 1. The average molecular weight is 315 g/mol. The Kier molecular flexibility index (Phi) is 2.99. The first-order chi connectivity index (χ1) is 11.1. The fourth-order valence-electron chi connectivity index (χ4n) is 3.96. The zero-order valence-electron chi connectivity index (χ0n) is 12.9. The molecule has 3 aliphatic heterocycles. The highest BCUT2D eigenvalue weighted by Gasteiger charge is 2.67. The van der Waals surface area contributed by atoms with Crippen LogP contribution in [0.3, 0.4) is 0 Å². The minimum absolute atomic E-state index is 0.128. The van der Waals surface area contributed by atoms with Crippen LogP contribution in [-0.4, -0.2) is 44.3 Å². The number of benzene rings is 1. The van der Waals surface area contributed by atoms with E-state index in [0.29, 0.717) is 18.0 Å². The molecule has 2 saturated heterocycles. The lowest BCUT2D eigenvalue weighted by molar-refractivity contribution is -0.149. The zero-order chi connectivity index (χ0) is 16.2. The van der Waals surface area contributed by atoms with Crippen molar-refractivity contribution in [1.82, 2.24) is 0 Å². The lowest BCUT2D eigenvalue weighted by Crippen LogP contribution is -2.39. The molecule has 6 nitrogen and oxygen atoms in total. The van der Waals surface area contributed by atoms with Gasteiger partial charge in [0.15, 0.2) is 0 Å². The summed E-state index contributed by atoms with van der Waals surface area (Å²) in [4.78, 5) is 26.8. The van der Waals surface area contributed by atoms with Crippen LogP contribution in [0.2, 0.25) is 0 Å². The number of para-hydroxylation sites is 2. The Morgan fingerprint density at radius 3 is 2.87 bits per heavy atom. The monoisotopic (exact) mass is 315 g/mol. The van der Waals surface area contributed by atoms with Crippen molar-refractivity contribution in [2.24, 2.45) is 11.8 Å². The third-order valence-electron chi connectivity index (χ3n) is 4.95. The first kappa shape index (κ1) is 14.3. The highest BCUT2D eigenvalue weighted by Crippen LogP contribution is 2.53. The second kappa shape index (κ2) is 4.83. The highest BCUT2D eigenvalue weighted by molar-refractivity contribution is 6.03. The molecule has 3 heterocycles. The summed E-state index contributed by atoms with van der Waals surface area (Å²) in [6.07, 6.45) is 3.39. The predicted molar refractivity (Wildman–Crippen MR) is 81.1 cm³/mol. The van der Waals surface area contributed by atoms with Gasteiger partial charge in [-0.05, 0) is 12.1 Å². The van der Waals surface area contributed by atoms with Gasteiger partial charge in [0, 0.05) is 0 Å². The van der Waals surface area contributed by atoms with Gasteiger partial charge < -0.3 is 19.1 Å². The van der Waals surface area contributed by atoms with Gasteiger partial charge in [-0.3, -0.25) is 9.59 Å². The Balaban J connectivity index is 1.75. The molecule has 0 aromatic heterocycles. The van der Waals surface area contributed by atoms with Crippen molar-refractivity contribution in [3.8, 4) is 5.75 Å². The molecule has 1 aromatic rings. The van der Waals surface area contributed by atoms with E-state index in [9.17, 15) is 9.59 Å². The third kappa shape index (κ3) is 1.78. The van der Waals surface area contributed by atoms with Crippen LogP contribution >= 0.6 is 0 Å². The molecule has 0 aliphatic carbocycles. The van der Waals surface area contributed by atoms with Crippen molar-refractivity contribution in [1.29, 1.82) is 0 Å². The summed E-state index contributed by atoms with van der Waals surface area (Å²) in [6.45, 7) is 0.372. The quantitative estimate of drug-likeness (QED) is 0.618. The van der Waals surface area contributed by atoms with Gasteiger partial charge in [-0.1, -0.05) is 24.3 Å². The Morgan fingerprint density at radius 1 is 1.35 bits per heavy atom. The SMILES string of the molecule is COC(=O)[C@H]1[C@H]2C(=O)N(c3ccccc3OC)C[C@]23C=C[C@H]1O3. The minimum atomic E-state index is -0.749. The number of amides is 1. The van der Waals surface area contributed by atoms with E-state index in [0.717, 1.165) is 0 Å². The molecular formula is C17H17NO5. The zero-order valence-corrected chi connectivity index (χ0v) is 12.9. The Morgan fingerprint density at radius 2 is 2.13 bits per heavy atom. The maximum absolute atomic E-state index is 13.0. The van der Waals surface area contributed by atoms with Crippen LogP contribution in [0.15, 0.2) is 36.4 Å². The first-order valence-corrected chi connectivity index (χ1v) is 7.51. The standard InChI is InChI=1S/C17H17NO5/c1-21-11-6-4-3-5-10(11)18-9-17-8-7-12(23-17)13(16(20)22-2)14(17)15(18)19/h3-8,12-14H,9H2,1-2H3/t12-,13-,14+,17-/m1/s1. The summed E-state index contributed by atoms with van der Waals surface area (Å²) in [5.41, 5.74) is -0.0607. The number of ether oxygens (including phenoxy) is 3. The average Bonchev–Trinajstić information content (AvgIpc) is 3.22. The molecule has 0 saturated carbocycles. The molecule has 0 unspecified atom stereocenters.